The van der Waals surface area contributed by atoms with Crippen molar-refractivity contribution < 1.29 is 18.4 Å². The standard InChI is InChI=1S/C19H13ClF2N4O2/c20-11-3-1-10(2-4-11)15-8-17-24-18(27)9-16(26(17)25-15)19(28)23-12-5-6-13(21)14(22)7-12/h1-8,16H,9H2,(H,23,28)(H,24,27)/t16-/m0/s1. The van der Waals surface area contributed by atoms with Crippen LogP contribution in [0.3, 0.4) is 0 Å². The number of anilines is 2. The minimum Gasteiger partial charge on any atom is -0.324 e. The molecule has 2 N–H and O–H groups in total. The van der Waals surface area contributed by atoms with Crippen LogP contribution in [-0.2, 0) is 9.59 Å². The van der Waals surface area contributed by atoms with Gasteiger partial charge in [-0.15, -0.1) is 0 Å². The summed E-state index contributed by atoms with van der Waals surface area (Å²) in [5, 5.41) is 10.2. The Labute approximate surface area is 163 Å². The van der Waals surface area contributed by atoms with Gasteiger partial charge < -0.3 is 10.6 Å². The molecule has 0 saturated carbocycles. The lowest BCUT2D eigenvalue weighted by Crippen LogP contribution is -2.35. The molecule has 142 valence electrons. The van der Waals surface area contributed by atoms with E-state index < -0.39 is 23.6 Å². The van der Waals surface area contributed by atoms with Crippen molar-refractivity contribution in [1.29, 1.82) is 0 Å². The second-order valence-electron chi connectivity index (χ2n) is 6.25. The van der Waals surface area contributed by atoms with Crippen LogP contribution < -0.4 is 10.6 Å². The Hall–Kier alpha value is -3.26. The Kier molecular flexibility index (Phi) is 4.56. The zero-order valence-corrected chi connectivity index (χ0v) is 15.0. The van der Waals surface area contributed by atoms with E-state index in [1.165, 1.54) is 10.7 Å². The minimum absolute atomic E-state index is 0.0847. The number of halogens is 3. The van der Waals surface area contributed by atoms with Crippen LogP contribution in [0.1, 0.15) is 12.5 Å². The Bertz CT molecular complexity index is 1080. The number of fused-ring (bicyclic) bond motifs is 1. The molecule has 0 spiro atoms. The van der Waals surface area contributed by atoms with Crippen LogP contribution in [-0.4, -0.2) is 21.6 Å². The highest BCUT2D eigenvalue weighted by Crippen LogP contribution is 2.30. The van der Waals surface area contributed by atoms with Crippen molar-refractivity contribution in [1.82, 2.24) is 9.78 Å². The highest BCUT2D eigenvalue weighted by Gasteiger charge is 2.32. The van der Waals surface area contributed by atoms with Crippen LogP contribution in [0.4, 0.5) is 20.3 Å². The van der Waals surface area contributed by atoms with Gasteiger partial charge in [0.15, 0.2) is 11.6 Å². The summed E-state index contributed by atoms with van der Waals surface area (Å²) in [5.41, 5.74) is 1.40. The second-order valence-corrected chi connectivity index (χ2v) is 6.69. The molecule has 0 fully saturated rings. The van der Waals surface area contributed by atoms with Gasteiger partial charge in [0.25, 0.3) is 0 Å². The normalized spacial score (nSPS) is 15.7. The first-order valence-corrected chi connectivity index (χ1v) is 8.70. The number of rotatable bonds is 3. The predicted molar refractivity (Wildman–Crippen MR) is 99.9 cm³/mol. The Morgan fingerprint density at radius 2 is 1.89 bits per heavy atom. The van der Waals surface area contributed by atoms with Gasteiger partial charge in [-0.2, -0.15) is 5.10 Å². The summed E-state index contributed by atoms with van der Waals surface area (Å²) in [4.78, 5) is 24.7. The van der Waals surface area contributed by atoms with Crippen molar-refractivity contribution in [3.8, 4) is 11.3 Å². The van der Waals surface area contributed by atoms with Crippen molar-refractivity contribution in [2.24, 2.45) is 0 Å². The summed E-state index contributed by atoms with van der Waals surface area (Å²) < 4.78 is 27.8. The number of aromatic nitrogens is 2. The maximum atomic E-state index is 13.4. The smallest absolute Gasteiger partial charge is 0.249 e. The first kappa shape index (κ1) is 18.1. The molecule has 0 bridgehead atoms. The first-order chi connectivity index (χ1) is 13.4. The number of amides is 2. The van der Waals surface area contributed by atoms with E-state index in [1.807, 2.05) is 0 Å². The van der Waals surface area contributed by atoms with Gasteiger partial charge in [-0.05, 0) is 24.3 Å². The summed E-state index contributed by atoms with van der Waals surface area (Å²) in [5.74, 6) is -2.64. The molecule has 1 aliphatic heterocycles. The molecule has 1 atom stereocenters. The Balaban J connectivity index is 1.63. The van der Waals surface area contributed by atoms with Gasteiger partial charge in [-0.3, -0.25) is 9.59 Å². The lowest BCUT2D eigenvalue weighted by molar-refractivity contribution is -0.125. The zero-order chi connectivity index (χ0) is 19.8. The summed E-state index contributed by atoms with van der Waals surface area (Å²) in [7, 11) is 0. The summed E-state index contributed by atoms with van der Waals surface area (Å²) in [6.45, 7) is 0. The molecule has 0 saturated heterocycles. The Morgan fingerprint density at radius 1 is 1.14 bits per heavy atom. The molecule has 0 unspecified atom stereocenters. The fraction of sp³-hybridized carbons (Fsp3) is 0.105. The molecule has 1 aliphatic rings. The molecule has 0 radical (unpaired) electrons. The van der Waals surface area contributed by atoms with Crippen molar-refractivity contribution in [2.75, 3.05) is 10.6 Å². The second kappa shape index (κ2) is 7.05. The van der Waals surface area contributed by atoms with Crippen molar-refractivity contribution >= 4 is 34.9 Å². The van der Waals surface area contributed by atoms with Gasteiger partial charge in [0, 0.05) is 28.4 Å². The number of hydrogen-bond acceptors (Lipinski definition) is 3. The lowest BCUT2D eigenvalue weighted by Gasteiger charge is -2.23. The number of nitrogens with zero attached hydrogens (tertiary/aromatic N) is 2. The van der Waals surface area contributed by atoms with Crippen LogP contribution in [0.5, 0.6) is 0 Å². The molecule has 9 heteroatoms. The van der Waals surface area contributed by atoms with Crippen LogP contribution in [0.15, 0.2) is 48.5 Å². The average molecular weight is 403 g/mol. The van der Waals surface area contributed by atoms with E-state index in [0.29, 0.717) is 16.5 Å². The molecule has 1 aromatic heterocycles. The molecule has 4 rings (SSSR count). The average Bonchev–Trinajstić information content (AvgIpc) is 3.08. The first-order valence-electron chi connectivity index (χ1n) is 8.32. The fourth-order valence-corrected chi connectivity index (χ4v) is 3.07. The number of hydrogen-bond donors (Lipinski definition) is 2. The van der Waals surface area contributed by atoms with Crippen molar-refractivity contribution in [2.45, 2.75) is 12.5 Å². The van der Waals surface area contributed by atoms with Crippen molar-refractivity contribution in [3.05, 3.63) is 65.2 Å². The Morgan fingerprint density at radius 3 is 2.61 bits per heavy atom. The molecule has 2 heterocycles. The van der Waals surface area contributed by atoms with Crippen molar-refractivity contribution in [3.63, 3.8) is 0 Å². The summed E-state index contributed by atoms with van der Waals surface area (Å²) >= 11 is 5.90. The van der Waals surface area contributed by atoms with E-state index in [4.69, 9.17) is 11.6 Å². The minimum atomic E-state index is -1.08. The van der Waals surface area contributed by atoms with Gasteiger partial charge in [0.05, 0.1) is 12.1 Å². The summed E-state index contributed by atoms with van der Waals surface area (Å²) in [6.07, 6.45) is -0.135. The van der Waals surface area contributed by atoms with Crippen LogP contribution >= 0.6 is 11.6 Å². The maximum Gasteiger partial charge on any atom is 0.249 e. The van der Waals surface area contributed by atoms with Gasteiger partial charge in [-0.1, -0.05) is 23.7 Å². The van der Waals surface area contributed by atoms with Crippen LogP contribution in [0, 0.1) is 11.6 Å². The quantitative estimate of drug-likeness (QED) is 0.695. The van der Waals surface area contributed by atoms with Crippen LogP contribution in [0.2, 0.25) is 5.02 Å². The predicted octanol–water partition coefficient (Wildman–Crippen LogP) is 4.00. The van der Waals surface area contributed by atoms with Crippen LogP contribution in [0.25, 0.3) is 11.3 Å². The van der Waals surface area contributed by atoms with Gasteiger partial charge in [-0.25, -0.2) is 13.5 Å². The highest BCUT2D eigenvalue weighted by atomic mass is 35.5. The topological polar surface area (TPSA) is 76.0 Å². The molecular formula is C19H13ClF2N4O2. The third-order valence-electron chi connectivity index (χ3n) is 4.31. The highest BCUT2D eigenvalue weighted by molar-refractivity contribution is 6.30. The van der Waals surface area contributed by atoms with E-state index in [-0.39, 0.29) is 18.0 Å². The van der Waals surface area contributed by atoms with E-state index in [0.717, 1.165) is 17.7 Å². The number of carbonyl (C=O) groups is 2. The largest absolute Gasteiger partial charge is 0.324 e. The van der Waals surface area contributed by atoms with E-state index >= 15 is 0 Å². The molecule has 28 heavy (non-hydrogen) atoms. The number of nitrogens with one attached hydrogen (secondary N) is 2. The molecule has 2 aromatic carbocycles. The third-order valence-corrected chi connectivity index (χ3v) is 4.56. The summed E-state index contributed by atoms with van der Waals surface area (Å²) in [6, 6.07) is 10.7. The maximum absolute atomic E-state index is 13.4. The number of carbonyl (C=O) groups excluding carboxylic acids is 2. The SMILES string of the molecule is O=C1C[C@@H](C(=O)Nc2ccc(F)c(F)c2)n2nc(-c3ccc(Cl)cc3)cc2N1. The van der Waals surface area contributed by atoms with Gasteiger partial charge in [0.1, 0.15) is 11.9 Å². The van der Waals surface area contributed by atoms with E-state index in [9.17, 15) is 18.4 Å². The monoisotopic (exact) mass is 402 g/mol. The molecule has 6 nitrogen and oxygen atoms in total. The van der Waals surface area contributed by atoms with E-state index in [2.05, 4.69) is 15.7 Å². The lowest BCUT2D eigenvalue weighted by atomic mass is 10.1. The van der Waals surface area contributed by atoms with E-state index in [1.54, 1.807) is 30.3 Å². The fourth-order valence-electron chi connectivity index (χ4n) is 2.95. The molecule has 0 aliphatic carbocycles. The molecule has 3 aromatic rings. The van der Waals surface area contributed by atoms with Gasteiger partial charge >= 0.3 is 0 Å². The van der Waals surface area contributed by atoms with Gasteiger partial charge in [0.2, 0.25) is 11.8 Å². The molecular weight excluding hydrogens is 390 g/mol. The molecule has 2 amide bonds. The third kappa shape index (κ3) is 3.46. The zero-order valence-electron chi connectivity index (χ0n) is 14.2. The number of benzene rings is 2.